The van der Waals surface area contributed by atoms with Crippen molar-refractivity contribution >= 4 is 17.2 Å². The summed E-state index contributed by atoms with van der Waals surface area (Å²) >= 11 is 1.65. The summed E-state index contributed by atoms with van der Waals surface area (Å²) in [5.41, 5.74) is 0.456. The predicted molar refractivity (Wildman–Crippen MR) is 55.1 cm³/mol. The summed E-state index contributed by atoms with van der Waals surface area (Å²) in [5, 5.41) is 7.06. The van der Waals surface area contributed by atoms with Crippen molar-refractivity contribution in [2.45, 2.75) is 26.4 Å². The zero-order valence-electron chi connectivity index (χ0n) is 8.47. The van der Waals surface area contributed by atoms with Crippen LogP contribution in [0.15, 0.2) is 0 Å². The van der Waals surface area contributed by atoms with E-state index in [1.165, 1.54) is 0 Å². The molecule has 76 valence electrons. The molecule has 1 aliphatic heterocycles. The van der Waals surface area contributed by atoms with Gasteiger partial charge in [-0.3, -0.25) is 10.1 Å². The highest BCUT2D eigenvalue weighted by molar-refractivity contribution is 7.11. The van der Waals surface area contributed by atoms with Gasteiger partial charge in [-0.05, 0) is 20.8 Å². The lowest BCUT2D eigenvalue weighted by atomic mass is 10.1. The number of rotatable bonds is 1. The molecule has 2 rings (SSSR count). The van der Waals surface area contributed by atoms with Gasteiger partial charge < -0.3 is 5.32 Å². The molecule has 5 heteroatoms. The number of hydrogen-bond acceptors (Lipinski definition) is 4. The first kappa shape index (κ1) is 9.61. The minimum atomic E-state index is -0.480. The summed E-state index contributed by atoms with van der Waals surface area (Å²) < 4.78 is 0. The van der Waals surface area contributed by atoms with E-state index < -0.39 is 5.66 Å². The van der Waals surface area contributed by atoms with Crippen molar-refractivity contribution < 1.29 is 4.79 Å². The summed E-state index contributed by atoms with van der Waals surface area (Å²) in [5.74, 6) is 0.0255. The molecule has 1 aromatic heterocycles. The van der Waals surface area contributed by atoms with Crippen molar-refractivity contribution in [2.24, 2.45) is 0 Å². The largest absolute Gasteiger partial charge is 0.332 e. The molecule has 1 unspecified atom stereocenters. The Hall–Kier alpha value is -0.940. The van der Waals surface area contributed by atoms with Gasteiger partial charge in [0.25, 0.3) is 0 Å². The monoisotopic (exact) mass is 211 g/mol. The van der Waals surface area contributed by atoms with Crippen LogP contribution in [-0.2, 0) is 10.5 Å². The van der Waals surface area contributed by atoms with Gasteiger partial charge in [0.2, 0.25) is 5.91 Å². The lowest BCUT2D eigenvalue weighted by Crippen LogP contribution is -2.44. The molecule has 14 heavy (non-hydrogen) atoms. The second-order valence-electron chi connectivity index (χ2n) is 3.66. The van der Waals surface area contributed by atoms with Crippen molar-refractivity contribution in [1.29, 1.82) is 0 Å². The quantitative estimate of drug-likeness (QED) is 0.717. The van der Waals surface area contributed by atoms with Crippen LogP contribution in [0.5, 0.6) is 0 Å². The topological polar surface area (TPSA) is 54.0 Å². The second kappa shape index (κ2) is 3.03. The third-order valence-electron chi connectivity index (χ3n) is 2.37. The molecule has 0 radical (unpaired) electrons. The Morgan fingerprint density at radius 2 is 2.21 bits per heavy atom. The number of nitrogens with one attached hydrogen (secondary N) is 2. The van der Waals surface area contributed by atoms with Crippen molar-refractivity contribution in [1.82, 2.24) is 15.6 Å². The lowest BCUT2D eigenvalue weighted by Gasteiger charge is -2.22. The highest BCUT2D eigenvalue weighted by atomic mass is 32.1. The Morgan fingerprint density at radius 1 is 1.50 bits per heavy atom. The molecule has 0 aliphatic carbocycles. The molecule has 4 nitrogen and oxygen atoms in total. The number of aromatic nitrogens is 1. The minimum Gasteiger partial charge on any atom is -0.332 e. The van der Waals surface area contributed by atoms with Crippen LogP contribution in [0.4, 0.5) is 0 Å². The van der Waals surface area contributed by atoms with Crippen LogP contribution in [0.2, 0.25) is 0 Å². The maximum absolute atomic E-state index is 11.2. The summed E-state index contributed by atoms with van der Waals surface area (Å²) in [6, 6.07) is 0. The SMILES string of the molecule is Cc1nc(C2(C)NCC(=O)N2)c(C)s1. The first-order chi connectivity index (χ1) is 6.51. The predicted octanol–water partition coefficient (Wildman–Crippen LogP) is 0.652. The normalized spacial score (nSPS) is 26.6. The fourth-order valence-corrected chi connectivity index (χ4v) is 2.69. The molecule has 1 saturated heterocycles. The van der Waals surface area contributed by atoms with Crippen LogP contribution in [-0.4, -0.2) is 17.4 Å². The first-order valence-electron chi connectivity index (χ1n) is 4.52. The lowest BCUT2D eigenvalue weighted by molar-refractivity contribution is -0.118. The van der Waals surface area contributed by atoms with Gasteiger partial charge in [-0.15, -0.1) is 11.3 Å². The summed E-state index contributed by atoms with van der Waals surface area (Å²) in [6.45, 7) is 6.31. The van der Waals surface area contributed by atoms with Crippen LogP contribution in [0, 0.1) is 13.8 Å². The van der Waals surface area contributed by atoms with Crippen molar-refractivity contribution in [3.63, 3.8) is 0 Å². The highest BCUT2D eigenvalue weighted by Gasteiger charge is 2.37. The van der Waals surface area contributed by atoms with Gasteiger partial charge in [0.15, 0.2) is 0 Å². The molecular weight excluding hydrogens is 198 g/mol. The van der Waals surface area contributed by atoms with E-state index in [2.05, 4.69) is 15.6 Å². The number of amides is 1. The van der Waals surface area contributed by atoms with E-state index in [1.807, 2.05) is 20.8 Å². The average Bonchev–Trinajstić information content (AvgIpc) is 2.57. The van der Waals surface area contributed by atoms with E-state index in [-0.39, 0.29) is 5.91 Å². The van der Waals surface area contributed by atoms with Crippen LogP contribution < -0.4 is 10.6 Å². The van der Waals surface area contributed by atoms with Crippen LogP contribution >= 0.6 is 11.3 Å². The van der Waals surface area contributed by atoms with Crippen LogP contribution in [0.25, 0.3) is 0 Å². The zero-order valence-corrected chi connectivity index (χ0v) is 9.29. The maximum Gasteiger partial charge on any atom is 0.235 e. The number of aryl methyl sites for hydroxylation is 2. The highest BCUT2D eigenvalue weighted by Crippen LogP contribution is 2.26. The van der Waals surface area contributed by atoms with Crippen molar-refractivity contribution in [3.05, 3.63) is 15.6 Å². The van der Waals surface area contributed by atoms with E-state index in [1.54, 1.807) is 11.3 Å². The molecule has 0 saturated carbocycles. The number of carbonyl (C=O) groups is 1. The second-order valence-corrected chi connectivity index (χ2v) is 5.07. The minimum absolute atomic E-state index is 0.0255. The van der Waals surface area contributed by atoms with Gasteiger partial charge in [0.1, 0.15) is 5.66 Å². The average molecular weight is 211 g/mol. The Balaban J connectivity index is 2.39. The molecular formula is C9H13N3OS. The number of nitrogens with zero attached hydrogens (tertiary/aromatic N) is 1. The fourth-order valence-electron chi connectivity index (χ4n) is 1.76. The molecule has 0 spiro atoms. The van der Waals surface area contributed by atoms with Gasteiger partial charge in [-0.25, -0.2) is 4.98 Å². The fraction of sp³-hybridized carbons (Fsp3) is 0.556. The summed E-state index contributed by atoms with van der Waals surface area (Å²) in [6.07, 6.45) is 0. The maximum atomic E-state index is 11.2. The van der Waals surface area contributed by atoms with Gasteiger partial charge in [0.05, 0.1) is 17.2 Å². The molecule has 1 fully saturated rings. The Kier molecular flexibility index (Phi) is 2.08. The van der Waals surface area contributed by atoms with Crippen LogP contribution in [0.3, 0.4) is 0 Å². The first-order valence-corrected chi connectivity index (χ1v) is 5.33. The van der Waals surface area contributed by atoms with E-state index >= 15 is 0 Å². The molecule has 0 aromatic carbocycles. The third kappa shape index (κ3) is 1.42. The molecule has 2 N–H and O–H groups in total. The Labute approximate surface area is 86.7 Å². The number of hydrogen-bond donors (Lipinski definition) is 2. The van der Waals surface area contributed by atoms with E-state index in [0.717, 1.165) is 15.6 Å². The molecule has 0 bridgehead atoms. The van der Waals surface area contributed by atoms with Crippen LogP contribution in [0.1, 0.15) is 22.5 Å². The summed E-state index contributed by atoms with van der Waals surface area (Å²) in [4.78, 5) is 16.7. The molecule has 1 aliphatic rings. The molecule has 1 atom stereocenters. The van der Waals surface area contributed by atoms with Crippen molar-refractivity contribution in [3.8, 4) is 0 Å². The smallest absolute Gasteiger partial charge is 0.235 e. The van der Waals surface area contributed by atoms with Gasteiger partial charge in [-0.1, -0.05) is 0 Å². The van der Waals surface area contributed by atoms with Gasteiger partial charge in [-0.2, -0.15) is 0 Å². The standard InChI is InChI=1S/C9H13N3OS/c1-5-8(11-6(2)14-5)9(3)10-4-7(13)12-9/h10H,4H2,1-3H3,(H,12,13). The third-order valence-corrected chi connectivity index (χ3v) is 3.26. The molecule has 2 heterocycles. The Bertz CT molecular complexity index is 387. The Morgan fingerprint density at radius 3 is 2.64 bits per heavy atom. The van der Waals surface area contributed by atoms with Gasteiger partial charge in [0, 0.05) is 4.88 Å². The van der Waals surface area contributed by atoms with Gasteiger partial charge >= 0.3 is 0 Å². The molecule has 1 amide bonds. The van der Waals surface area contributed by atoms with E-state index in [0.29, 0.717) is 6.54 Å². The number of carbonyl (C=O) groups excluding carboxylic acids is 1. The molecule has 1 aromatic rings. The summed E-state index contributed by atoms with van der Waals surface area (Å²) in [7, 11) is 0. The number of thiazole rings is 1. The zero-order chi connectivity index (χ0) is 10.3. The van der Waals surface area contributed by atoms with E-state index in [4.69, 9.17) is 0 Å². The van der Waals surface area contributed by atoms with Crippen molar-refractivity contribution in [2.75, 3.05) is 6.54 Å². The van der Waals surface area contributed by atoms with E-state index in [9.17, 15) is 4.79 Å².